The van der Waals surface area contributed by atoms with E-state index in [4.69, 9.17) is 10.1 Å². The van der Waals surface area contributed by atoms with Gasteiger partial charge in [0.05, 0.1) is 30.2 Å². The average molecular weight is 280 g/mol. The molecule has 0 bridgehead atoms. The van der Waals surface area contributed by atoms with Gasteiger partial charge in [-0.05, 0) is 24.6 Å². The van der Waals surface area contributed by atoms with Gasteiger partial charge in [0.25, 0.3) is 5.91 Å². The number of hydroxylamine groups is 2. The first-order chi connectivity index (χ1) is 9.54. The molecule has 1 aliphatic heterocycles. The van der Waals surface area contributed by atoms with Crippen molar-refractivity contribution in [2.75, 3.05) is 6.61 Å². The van der Waals surface area contributed by atoms with Gasteiger partial charge in [-0.15, -0.1) is 0 Å². The second-order valence-electron chi connectivity index (χ2n) is 4.66. The summed E-state index contributed by atoms with van der Waals surface area (Å²) in [5, 5.41) is 9.79. The summed E-state index contributed by atoms with van der Waals surface area (Å²) in [6, 6.07) is 8.31. The van der Waals surface area contributed by atoms with Crippen LogP contribution >= 0.6 is 0 Å². The van der Waals surface area contributed by atoms with Crippen molar-refractivity contribution in [3.63, 3.8) is 0 Å². The predicted molar refractivity (Wildman–Crippen MR) is 66.5 cm³/mol. The van der Waals surface area contributed by atoms with E-state index in [1.54, 1.807) is 24.3 Å². The van der Waals surface area contributed by atoms with Crippen LogP contribution in [0, 0.1) is 17.2 Å². The fourth-order valence-electron chi connectivity index (χ4n) is 2.08. The number of hydrogen-bond acceptors (Lipinski definition) is 3. The lowest BCUT2D eigenvalue weighted by Crippen LogP contribution is -2.36. The molecule has 1 heterocycles. The number of carbonyl (C=O) groups excluding carboxylic acids is 1. The standard InChI is InChI=1S/C14H14F2N2O2/c1-9(13(15)16)14(19)18-12(6-7-20-18)11-4-2-10(8-17)3-5-11/h2-5,9,12-13H,6-7H2,1H3/t9-,12+/m1/s1. The van der Waals surface area contributed by atoms with Crippen molar-refractivity contribution in [3.05, 3.63) is 35.4 Å². The Morgan fingerprint density at radius 3 is 2.65 bits per heavy atom. The van der Waals surface area contributed by atoms with Gasteiger partial charge in [0.15, 0.2) is 0 Å². The summed E-state index contributed by atoms with van der Waals surface area (Å²) in [6.45, 7) is 1.50. The molecule has 0 spiro atoms. The number of nitrogens with zero attached hydrogens (tertiary/aromatic N) is 2. The third kappa shape index (κ3) is 2.78. The Morgan fingerprint density at radius 2 is 2.10 bits per heavy atom. The Labute approximate surface area is 115 Å². The van der Waals surface area contributed by atoms with Crippen molar-refractivity contribution in [1.82, 2.24) is 5.06 Å². The molecule has 1 aromatic rings. The van der Waals surface area contributed by atoms with E-state index in [-0.39, 0.29) is 6.04 Å². The number of rotatable bonds is 3. The van der Waals surface area contributed by atoms with Gasteiger partial charge in [0.2, 0.25) is 6.43 Å². The van der Waals surface area contributed by atoms with Gasteiger partial charge in [-0.2, -0.15) is 5.26 Å². The fraction of sp³-hybridized carbons (Fsp3) is 0.429. The molecule has 1 amide bonds. The van der Waals surface area contributed by atoms with Gasteiger partial charge < -0.3 is 0 Å². The van der Waals surface area contributed by atoms with Crippen molar-refractivity contribution in [2.45, 2.75) is 25.8 Å². The van der Waals surface area contributed by atoms with E-state index in [2.05, 4.69) is 0 Å². The molecule has 0 N–H and O–H groups in total. The molecule has 0 saturated carbocycles. The SMILES string of the molecule is C[C@@H](C(=O)N1OCC[C@H]1c1ccc(C#N)cc1)C(F)F. The maximum atomic E-state index is 12.6. The molecule has 1 saturated heterocycles. The zero-order chi connectivity index (χ0) is 14.7. The van der Waals surface area contributed by atoms with E-state index >= 15 is 0 Å². The third-order valence-corrected chi connectivity index (χ3v) is 3.31. The van der Waals surface area contributed by atoms with E-state index in [0.29, 0.717) is 18.6 Å². The minimum absolute atomic E-state index is 0.312. The average Bonchev–Trinajstić information content (AvgIpc) is 2.95. The largest absolute Gasteiger partial charge is 0.272 e. The van der Waals surface area contributed by atoms with Crippen LogP contribution < -0.4 is 0 Å². The molecule has 1 aliphatic rings. The topological polar surface area (TPSA) is 53.3 Å². The molecule has 0 aliphatic carbocycles. The highest BCUT2D eigenvalue weighted by Crippen LogP contribution is 2.32. The predicted octanol–water partition coefficient (Wildman–Crippen LogP) is 2.66. The lowest BCUT2D eigenvalue weighted by Gasteiger charge is -2.25. The van der Waals surface area contributed by atoms with E-state index in [1.807, 2.05) is 6.07 Å². The Kier molecular flexibility index (Phi) is 4.30. The van der Waals surface area contributed by atoms with Crippen LogP contribution in [-0.4, -0.2) is 24.0 Å². The molecular formula is C14H14F2N2O2. The van der Waals surface area contributed by atoms with Gasteiger partial charge in [-0.3, -0.25) is 9.63 Å². The van der Waals surface area contributed by atoms with Gasteiger partial charge in [0, 0.05) is 6.42 Å². The molecule has 0 unspecified atom stereocenters. The zero-order valence-corrected chi connectivity index (χ0v) is 10.9. The van der Waals surface area contributed by atoms with Crippen LogP contribution in [-0.2, 0) is 9.63 Å². The number of alkyl halides is 2. The number of amides is 1. The summed E-state index contributed by atoms with van der Waals surface area (Å²) in [6.07, 6.45) is -2.17. The molecule has 0 radical (unpaired) electrons. The quantitative estimate of drug-likeness (QED) is 0.855. The lowest BCUT2D eigenvalue weighted by molar-refractivity contribution is -0.185. The number of benzene rings is 1. The van der Waals surface area contributed by atoms with Gasteiger partial charge in [-0.1, -0.05) is 12.1 Å². The number of hydrogen-bond donors (Lipinski definition) is 0. The van der Waals surface area contributed by atoms with Crippen LogP contribution in [0.25, 0.3) is 0 Å². The first kappa shape index (κ1) is 14.4. The summed E-state index contributed by atoms with van der Waals surface area (Å²) in [5.41, 5.74) is 1.28. The first-order valence-corrected chi connectivity index (χ1v) is 6.28. The summed E-state index contributed by atoms with van der Waals surface area (Å²) in [7, 11) is 0. The smallest absolute Gasteiger partial charge is 0.255 e. The summed E-state index contributed by atoms with van der Waals surface area (Å²) >= 11 is 0. The van der Waals surface area contributed by atoms with Crippen LogP contribution in [0.1, 0.15) is 30.5 Å². The highest BCUT2D eigenvalue weighted by molar-refractivity contribution is 5.78. The molecule has 0 aromatic heterocycles. The minimum Gasteiger partial charge on any atom is -0.272 e. The van der Waals surface area contributed by atoms with Gasteiger partial charge in [0.1, 0.15) is 0 Å². The van der Waals surface area contributed by atoms with Crippen LogP contribution in [0.5, 0.6) is 0 Å². The molecule has 20 heavy (non-hydrogen) atoms. The van der Waals surface area contributed by atoms with Crippen LogP contribution in [0.2, 0.25) is 0 Å². The zero-order valence-electron chi connectivity index (χ0n) is 10.9. The van der Waals surface area contributed by atoms with Crippen LogP contribution in [0.15, 0.2) is 24.3 Å². The molecule has 1 fully saturated rings. The van der Waals surface area contributed by atoms with Crippen LogP contribution in [0.3, 0.4) is 0 Å². The van der Waals surface area contributed by atoms with Crippen LogP contribution in [0.4, 0.5) is 8.78 Å². The van der Waals surface area contributed by atoms with Crippen molar-refractivity contribution in [3.8, 4) is 6.07 Å². The normalized spacial score (nSPS) is 19.9. The Bertz CT molecular complexity index is 525. The minimum atomic E-state index is -2.71. The van der Waals surface area contributed by atoms with Gasteiger partial charge >= 0.3 is 0 Å². The van der Waals surface area contributed by atoms with Crippen molar-refractivity contribution < 1.29 is 18.4 Å². The molecule has 4 nitrogen and oxygen atoms in total. The maximum Gasteiger partial charge on any atom is 0.255 e. The van der Waals surface area contributed by atoms with E-state index in [9.17, 15) is 13.6 Å². The third-order valence-electron chi connectivity index (χ3n) is 3.31. The molecule has 6 heteroatoms. The lowest BCUT2D eigenvalue weighted by atomic mass is 10.0. The van der Waals surface area contributed by atoms with Gasteiger partial charge in [-0.25, -0.2) is 13.8 Å². The Hall–Kier alpha value is -2.00. The highest BCUT2D eigenvalue weighted by atomic mass is 19.3. The van der Waals surface area contributed by atoms with Crippen molar-refractivity contribution >= 4 is 5.91 Å². The van der Waals surface area contributed by atoms with Crippen molar-refractivity contribution in [1.29, 1.82) is 5.26 Å². The number of nitriles is 1. The molecular weight excluding hydrogens is 266 g/mol. The Balaban J connectivity index is 2.18. The monoisotopic (exact) mass is 280 g/mol. The van der Waals surface area contributed by atoms with E-state index < -0.39 is 18.3 Å². The molecule has 1 aromatic carbocycles. The molecule has 2 rings (SSSR count). The summed E-state index contributed by atoms with van der Waals surface area (Å²) < 4.78 is 25.2. The second-order valence-corrected chi connectivity index (χ2v) is 4.66. The fourth-order valence-corrected chi connectivity index (χ4v) is 2.08. The summed E-state index contributed by atoms with van der Waals surface area (Å²) in [5.74, 6) is -2.11. The molecule has 106 valence electrons. The summed E-state index contributed by atoms with van der Waals surface area (Å²) in [4.78, 5) is 17.2. The van der Waals surface area contributed by atoms with Crippen molar-refractivity contribution in [2.24, 2.45) is 5.92 Å². The maximum absolute atomic E-state index is 12.6. The highest BCUT2D eigenvalue weighted by Gasteiger charge is 2.37. The number of halogens is 2. The van der Waals surface area contributed by atoms with E-state index in [1.165, 1.54) is 6.92 Å². The molecule has 2 atom stereocenters. The number of carbonyl (C=O) groups is 1. The Morgan fingerprint density at radius 1 is 1.45 bits per heavy atom. The first-order valence-electron chi connectivity index (χ1n) is 6.28. The van der Waals surface area contributed by atoms with E-state index in [0.717, 1.165) is 10.6 Å². The second kappa shape index (κ2) is 5.97.